The van der Waals surface area contributed by atoms with E-state index in [-0.39, 0.29) is 21.4 Å². The van der Waals surface area contributed by atoms with Crippen LogP contribution in [0.2, 0.25) is 5.02 Å². The third-order valence-corrected chi connectivity index (χ3v) is 6.62. The largest absolute Gasteiger partial charge is 0.348 e. The highest BCUT2D eigenvalue weighted by atomic mass is 35.5. The van der Waals surface area contributed by atoms with Crippen LogP contribution >= 0.6 is 11.6 Å². The number of benzene rings is 2. The Hall–Kier alpha value is -1.89. The van der Waals surface area contributed by atoms with E-state index in [9.17, 15) is 13.2 Å². The standard InChI is InChI=1S/C19H23ClN2O3S/c1-4-22(5-2)26(24,25)18-12-16(10-11-17(18)20)19(23)21-13-15-8-6-14(3)7-9-15/h6-12H,4-5,13H2,1-3H3,(H,21,23). The summed E-state index contributed by atoms with van der Waals surface area (Å²) in [4.78, 5) is 12.4. The average molecular weight is 395 g/mol. The van der Waals surface area contributed by atoms with Gasteiger partial charge in [0.1, 0.15) is 4.90 Å². The topological polar surface area (TPSA) is 66.5 Å². The molecule has 2 rings (SSSR count). The van der Waals surface area contributed by atoms with Crippen LogP contribution in [0.15, 0.2) is 47.4 Å². The second kappa shape index (κ2) is 8.66. The Balaban J connectivity index is 2.22. The molecule has 0 aliphatic rings. The van der Waals surface area contributed by atoms with Crippen molar-refractivity contribution in [2.24, 2.45) is 0 Å². The lowest BCUT2D eigenvalue weighted by molar-refractivity contribution is 0.0950. The molecule has 0 radical (unpaired) electrons. The first-order valence-corrected chi connectivity index (χ1v) is 10.2. The van der Waals surface area contributed by atoms with E-state index in [1.165, 1.54) is 22.5 Å². The summed E-state index contributed by atoms with van der Waals surface area (Å²) >= 11 is 6.09. The van der Waals surface area contributed by atoms with E-state index in [1.54, 1.807) is 13.8 Å². The monoisotopic (exact) mass is 394 g/mol. The van der Waals surface area contributed by atoms with Gasteiger partial charge in [-0.1, -0.05) is 55.3 Å². The van der Waals surface area contributed by atoms with Crippen molar-refractivity contribution < 1.29 is 13.2 Å². The molecule has 5 nitrogen and oxygen atoms in total. The van der Waals surface area contributed by atoms with E-state index in [0.717, 1.165) is 11.1 Å². The lowest BCUT2D eigenvalue weighted by Crippen LogP contribution is -2.31. The molecular formula is C19H23ClN2O3S. The average Bonchev–Trinajstić information content (AvgIpc) is 2.62. The number of rotatable bonds is 7. The van der Waals surface area contributed by atoms with E-state index in [1.807, 2.05) is 31.2 Å². The third-order valence-electron chi connectivity index (χ3n) is 4.09. The molecule has 0 aliphatic heterocycles. The van der Waals surface area contributed by atoms with Crippen molar-refractivity contribution in [3.8, 4) is 0 Å². The molecule has 0 fully saturated rings. The summed E-state index contributed by atoms with van der Waals surface area (Å²) in [6, 6.07) is 12.1. The zero-order valence-corrected chi connectivity index (χ0v) is 16.7. The second-order valence-corrected chi connectivity index (χ2v) is 8.22. The van der Waals surface area contributed by atoms with Crippen LogP contribution in [0.5, 0.6) is 0 Å². The highest BCUT2D eigenvalue weighted by Crippen LogP contribution is 2.26. The lowest BCUT2D eigenvalue weighted by atomic mass is 10.1. The second-order valence-electron chi connectivity index (χ2n) is 5.90. The quantitative estimate of drug-likeness (QED) is 0.780. The van der Waals surface area contributed by atoms with E-state index in [0.29, 0.717) is 19.6 Å². The smallest absolute Gasteiger partial charge is 0.251 e. The van der Waals surface area contributed by atoms with Crippen LogP contribution in [0.25, 0.3) is 0 Å². The summed E-state index contributed by atoms with van der Waals surface area (Å²) < 4.78 is 26.7. The van der Waals surface area contributed by atoms with E-state index in [4.69, 9.17) is 11.6 Å². The van der Waals surface area contributed by atoms with Crippen molar-refractivity contribution in [1.29, 1.82) is 0 Å². The SMILES string of the molecule is CCN(CC)S(=O)(=O)c1cc(C(=O)NCc2ccc(C)cc2)ccc1Cl. The van der Waals surface area contributed by atoms with Crippen molar-refractivity contribution in [3.05, 3.63) is 64.2 Å². The molecule has 2 aromatic carbocycles. The predicted molar refractivity (Wildman–Crippen MR) is 104 cm³/mol. The van der Waals surface area contributed by atoms with E-state index >= 15 is 0 Å². The highest BCUT2D eigenvalue weighted by Gasteiger charge is 2.25. The van der Waals surface area contributed by atoms with Crippen molar-refractivity contribution in [2.75, 3.05) is 13.1 Å². The van der Waals surface area contributed by atoms with Crippen molar-refractivity contribution in [1.82, 2.24) is 9.62 Å². The van der Waals surface area contributed by atoms with Crippen molar-refractivity contribution in [2.45, 2.75) is 32.2 Å². The Morgan fingerprint density at radius 2 is 1.69 bits per heavy atom. The van der Waals surface area contributed by atoms with Gasteiger partial charge in [-0.05, 0) is 30.7 Å². The number of halogens is 1. The Morgan fingerprint density at radius 3 is 2.27 bits per heavy atom. The molecule has 0 unspecified atom stereocenters. The Kier molecular flexibility index (Phi) is 6.81. The zero-order chi connectivity index (χ0) is 19.3. The predicted octanol–water partition coefficient (Wildman–Crippen LogP) is 3.61. The third kappa shape index (κ3) is 4.63. The van der Waals surface area contributed by atoms with Gasteiger partial charge in [0.15, 0.2) is 0 Å². The number of aryl methyl sites for hydroxylation is 1. The van der Waals surface area contributed by atoms with Gasteiger partial charge in [-0.15, -0.1) is 0 Å². The lowest BCUT2D eigenvalue weighted by Gasteiger charge is -2.19. The maximum absolute atomic E-state index is 12.7. The molecule has 1 amide bonds. The number of nitrogens with one attached hydrogen (secondary N) is 1. The molecule has 140 valence electrons. The minimum atomic E-state index is -3.74. The molecular weight excluding hydrogens is 372 g/mol. The summed E-state index contributed by atoms with van der Waals surface area (Å²) in [6.07, 6.45) is 0. The molecule has 0 spiro atoms. The fourth-order valence-electron chi connectivity index (χ4n) is 2.54. The molecule has 0 saturated heterocycles. The van der Waals surface area contributed by atoms with Crippen LogP contribution < -0.4 is 5.32 Å². The maximum atomic E-state index is 12.7. The summed E-state index contributed by atoms with van der Waals surface area (Å²) in [5, 5.41) is 2.90. The van der Waals surface area contributed by atoms with Crippen LogP contribution in [0, 0.1) is 6.92 Å². The van der Waals surface area contributed by atoms with Crippen LogP contribution in [0.4, 0.5) is 0 Å². The molecule has 0 aliphatic carbocycles. The fourth-order valence-corrected chi connectivity index (χ4v) is 4.49. The summed E-state index contributed by atoms with van der Waals surface area (Å²) in [7, 11) is -3.74. The van der Waals surface area contributed by atoms with Gasteiger partial charge < -0.3 is 5.32 Å². The van der Waals surface area contributed by atoms with E-state index in [2.05, 4.69) is 5.32 Å². The van der Waals surface area contributed by atoms with Crippen LogP contribution in [0.1, 0.15) is 35.3 Å². The number of sulfonamides is 1. The molecule has 2 aromatic rings. The van der Waals surface area contributed by atoms with Gasteiger partial charge in [0, 0.05) is 25.2 Å². The van der Waals surface area contributed by atoms with Gasteiger partial charge in [0.25, 0.3) is 5.91 Å². The highest BCUT2D eigenvalue weighted by molar-refractivity contribution is 7.89. The van der Waals surface area contributed by atoms with Gasteiger partial charge >= 0.3 is 0 Å². The molecule has 0 bridgehead atoms. The first kappa shape index (κ1) is 20.4. The summed E-state index contributed by atoms with van der Waals surface area (Å²) in [6.45, 7) is 6.53. The van der Waals surface area contributed by atoms with Gasteiger partial charge in [-0.2, -0.15) is 4.31 Å². The van der Waals surface area contributed by atoms with Gasteiger partial charge in [0.2, 0.25) is 10.0 Å². The molecule has 1 N–H and O–H groups in total. The van der Waals surface area contributed by atoms with Crippen molar-refractivity contribution >= 4 is 27.5 Å². The van der Waals surface area contributed by atoms with Crippen molar-refractivity contribution in [3.63, 3.8) is 0 Å². The molecule has 26 heavy (non-hydrogen) atoms. The Labute approximate surface area is 160 Å². The number of carbonyl (C=O) groups is 1. The molecule has 0 saturated carbocycles. The normalized spacial score (nSPS) is 11.6. The molecule has 7 heteroatoms. The zero-order valence-electron chi connectivity index (χ0n) is 15.1. The van der Waals surface area contributed by atoms with E-state index < -0.39 is 10.0 Å². The number of carbonyl (C=O) groups excluding carboxylic acids is 1. The number of amides is 1. The Bertz CT molecular complexity index is 876. The van der Waals surface area contributed by atoms with Gasteiger partial charge in [-0.3, -0.25) is 4.79 Å². The van der Waals surface area contributed by atoms with Crippen LogP contribution in [0.3, 0.4) is 0 Å². The summed E-state index contributed by atoms with van der Waals surface area (Å²) in [5.74, 6) is -0.349. The fraction of sp³-hybridized carbons (Fsp3) is 0.316. The Morgan fingerprint density at radius 1 is 1.08 bits per heavy atom. The van der Waals surface area contributed by atoms with Gasteiger partial charge in [-0.25, -0.2) is 8.42 Å². The maximum Gasteiger partial charge on any atom is 0.251 e. The number of hydrogen-bond acceptors (Lipinski definition) is 3. The number of hydrogen-bond donors (Lipinski definition) is 1. The minimum absolute atomic E-state index is 0.0501. The summed E-state index contributed by atoms with van der Waals surface area (Å²) in [5.41, 5.74) is 2.37. The van der Waals surface area contributed by atoms with Crippen LogP contribution in [-0.2, 0) is 16.6 Å². The number of nitrogens with zero attached hydrogens (tertiary/aromatic N) is 1. The first-order chi connectivity index (χ1) is 12.3. The minimum Gasteiger partial charge on any atom is -0.348 e. The molecule has 0 heterocycles. The van der Waals surface area contributed by atoms with Crippen LogP contribution in [-0.4, -0.2) is 31.7 Å². The molecule has 0 atom stereocenters. The molecule has 0 aromatic heterocycles. The van der Waals surface area contributed by atoms with Gasteiger partial charge in [0.05, 0.1) is 5.02 Å². The first-order valence-electron chi connectivity index (χ1n) is 8.43.